The molecule has 0 spiro atoms. The van der Waals surface area contributed by atoms with Crippen molar-refractivity contribution in [2.45, 2.75) is 12.6 Å². The molecule has 2 heterocycles. The maximum Gasteiger partial charge on any atom is 0.295 e. The largest absolute Gasteiger partial charge is 0.507 e. The lowest BCUT2D eigenvalue weighted by molar-refractivity contribution is -0.140. The quantitative estimate of drug-likeness (QED) is 0.318. The number of pyridine rings is 1. The van der Waals surface area contributed by atoms with Crippen LogP contribution in [0.15, 0.2) is 83.1 Å². The molecule has 0 bridgehead atoms. The minimum Gasteiger partial charge on any atom is -0.507 e. The molecular formula is C23H16BrClN2O3. The van der Waals surface area contributed by atoms with Crippen LogP contribution in [0.1, 0.15) is 22.7 Å². The van der Waals surface area contributed by atoms with Gasteiger partial charge < -0.3 is 10.0 Å². The number of likely N-dealkylation sites (tertiary alicyclic amines) is 1. The van der Waals surface area contributed by atoms with E-state index in [0.29, 0.717) is 16.1 Å². The van der Waals surface area contributed by atoms with Crippen molar-refractivity contribution in [3.63, 3.8) is 0 Å². The van der Waals surface area contributed by atoms with Crippen LogP contribution in [0.25, 0.3) is 5.76 Å². The van der Waals surface area contributed by atoms with Gasteiger partial charge in [-0.2, -0.15) is 0 Å². The highest BCUT2D eigenvalue weighted by molar-refractivity contribution is 9.10. The van der Waals surface area contributed by atoms with Crippen molar-refractivity contribution in [1.29, 1.82) is 0 Å². The minimum absolute atomic E-state index is 0.0457. The first-order chi connectivity index (χ1) is 14.5. The average molecular weight is 484 g/mol. The number of amides is 1. The zero-order valence-corrected chi connectivity index (χ0v) is 18.0. The van der Waals surface area contributed by atoms with Gasteiger partial charge in [-0.3, -0.25) is 14.6 Å². The standard InChI is InChI=1S/C23H16BrClN2O3/c24-17-5-1-4-16(11-17)20-19(21(28)15-6-8-18(25)9-7-15)22(29)23(30)27(20)13-14-3-2-10-26-12-14/h1-12,20,28H,13H2/t20-/m1/s1. The smallest absolute Gasteiger partial charge is 0.295 e. The summed E-state index contributed by atoms with van der Waals surface area (Å²) in [5.41, 5.74) is 1.96. The number of aliphatic hydroxyl groups excluding tert-OH is 1. The normalized spacial score (nSPS) is 18.1. The molecule has 30 heavy (non-hydrogen) atoms. The Morgan fingerprint density at radius 3 is 2.53 bits per heavy atom. The number of Topliss-reactive ketones (excluding diaryl/α,β-unsaturated/α-hetero) is 1. The van der Waals surface area contributed by atoms with E-state index in [2.05, 4.69) is 20.9 Å². The zero-order valence-electron chi connectivity index (χ0n) is 15.6. The van der Waals surface area contributed by atoms with E-state index in [9.17, 15) is 14.7 Å². The molecule has 1 aromatic heterocycles. The van der Waals surface area contributed by atoms with Crippen molar-refractivity contribution in [3.05, 3.63) is 105 Å². The Hall–Kier alpha value is -2.96. The fourth-order valence-corrected chi connectivity index (χ4v) is 4.06. The number of carbonyl (C=O) groups excluding carboxylic acids is 2. The number of ketones is 1. The molecule has 1 saturated heterocycles. The Morgan fingerprint density at radius 1 is 1.10 bits per heavy atom. The molecule has 1 N–H and O–H groups in total. The first-order valence-electron chi connectivity index (χ1n) is 9.14. The molecular weight excluding hydrogens is 468 g/mol. The molecule has 1 atom stereocenters. The SMILES string of the molecule is O=C1C(=O)N(Cc2cccnc2)[C@H](c2cccc(Br)c2)C1=C(O)c1ccc(Cl)cc1. The number of rotatable bonds is 4. The summed E-state index contributed by atoms with van der Waals surface area (Å²) in [4.78, 5) is 31.5. The van der Waals surface area contributed by atoms with Crippen molar-refractivity contribution in [3.8, 4) is 0 Å². The molecule has 150 valence electrons. The molecule has 1 aliphatic rings. The van der Waals surface area contributed by atoms with Crippen LogP contribution in [0.2, 0.25) is 5.02 Å². The fourth-order valence-electron chi connectivity index (χ4n) is 3.52. The molecule has 0 radical (unpaired) electrons. The van der Waals surface area contributed by atoms with Gasteiger partial charge in [0.05, 0.1) is 11.6 Å². The van der Waals surface area contributed by atoms with Crippen molar-refractivity contribution in [2.75, 3.05) is 0 Å². The molecule has 1 aliphatic heterocycles. The zero-order chi connectivity index (χ0) is 21.3. The van der Waals surface area contributed by atoms with Gasteiger partial charge in [-0.1, -0.05) is 45.7 Å². The number of hydrogen-bond acceptors (Lipinski definition) is 4. The molecule has 4 rings (SSSR count). The first kappa shape index (κ1) is 20.3. The third kappa shape index (κ3) is 3.88. The predicted octanol–water partition coefficient (Wildman–Crippen LogP) is 5.12. The Kier molecular flexibility index (Phi) is 5.70. The fraction of sp³-hybridized carbons (Fsp3) is 0.0870. The Balaban J connectivity index is 1.87. The van der Waals surface area contributed by atoms with Crippen LogP contribution in [-0.4, -0.2) is 26.7 Å². The van der Waals surface area contributed by atoms with Gasteiger partial charge in [-0.05, 0) is 53.6 Å². The molecule has 7 heteroatoms. The summed E-state index contributed by atoms with van der Waals surface area (Å²) < 4.78 is 0.804. The lowest BCUT2D eigenvalue weighted by Crippen LogP contribution is -2.29. The second kappa shape index (κ2) is 8.42. The average Bonchev–Trinajstić information content (AvgIpc) is 2.99. The minimum atomic E-state index is -0.738. The topological polar surface area (TPSA) is 70.5 Å². The Morgan fingerprint density at radius 2 is 1.87 bits per heavy atom. The van der Waals surface area contributed by atoms with Gasteiger partial charge in [-0.25, -0.2) is 0 Å². The maximum atomic E-state index is 13.0. The van der Waals surface area contributed by atoms with Gasteiger partial charge in [0, 0.05) is 34.0 Å². The maximum absolute atomic E-state index is 13.0. The monoisotopic (exact) mass is 482 g/mol. The second-order valence-electron chi connectivity index (χ2n) is 6.85. The van der Waals surface area contributed by atoms with E-state index < -0.39 is 17.7 Å². The highest BCUT2D eigenvalue weighted by Gasteiger charge is 2.46. The van der Waals surface area contributed by atoms with Crippen molar-refractivity contribution in [2.24, 2.45) is 0 Å². The Bertz CT molecular complexity index is 1150. The van der Waals surface area contributed by atoms with E-state index in [1.165, 1.54) is 4.90 Å². The van der Waals surface area contributed by atoms with Gasteiger partial charge in [0.25, 0.3) is 11.7 Å². The van der Waals surface area contributed by atoms with Crippen LogP contribution in [0.5, 0.6) is 0 Å². The number of carbonyl (C=O) groups is 2. The van der Waals surface area contributed by atoms with E-state index in [0.717, 1.165) is 10.0 Å². The van der Waals surface area contributed by atoms with Gasteiger partial charge in [0.1, 0.15) is 5.76 Å². The van der Waals surface area contributed by atoms with Gasteiger partial charge in [-0.15, -0.1) is 0 Å². The Labute approximate surface area is 186 Å². The van der Waals surface area contributed by atoms with Crippen LogP contribution in [0, 0.1) is 0 Å². The second-order valence-corrected chi connectivity index (χ2v) is 8.20. The summed E-state index contributed by atoms with van der Waals surface area (Å²) in [6.07, 6.45) is 3.29. The summed E-state index contributed by atoms with van der Waals surface area (Å²) >= 11 is 9.39. The van der Waals surface area contributed by atoms with Crippen molar-refractivity contribution < 1.29 is 14.7 Å². The molecule has 0 aliphatic carbocycles. The van der Waals surface area contributed by atoms with E-state index >= 15 is 0 Å². The van der Waals surface area contributed by atoms with Crippen LogP contribution in [0.4, 0.5) is 0 Å². The van der Waals surface area contributed by atoms with Crippen LogP contribution in [0.3, 0.4) is 0 Å². The highest BCUT2D eigenvalue weighted by Crippen LogP contribution is 2.40. The predicted molar refractivity (Wildman–Crippen MR) is 118 cm³/mol. The molecule has 1 amide bonds. The molecule has 3 aromatic rings. The number of halogens is 2. The molecule has 1 fully saturated rings. The molecule has 2 aromatic carbocycles. The number of aromatic nitrogens is 1. The highest BCUT2D eigenvalue weighted by atomic mass is 79.9. The molecule has 0 unspecified atom stereocenters. The van der Waals surface area contributed by atoms with Gasteiger partial charge in [0.15, 0.2) is 0 Å². The van der Waals surface area contributed by atoms with Crippen molar-refractivity contribution >= 4 is 45.0 Å². The lowest BCUT2D eigenvalue weighted by Gasteiger charge is -2.25. The van der Waals surface area contributed by atoms with E-state index in [4.69, 9.17) is 11.6 Å². The van der Waals surface area contributed by atoms with Crippen molar-refractivity contribution in [1.82, 2.24) is 9.88 Å². The van der Waals surface area contributed by atoms with Gasteiger partial charge >= 0.3 is 0 Å². The summed E-state index contributed by atoms with van der Waals surface area (Å²) in [5, 5.41) is 11.5. The number of hydrogen-bond donors (Lipinski definition) is 1. The summed E-state index contributed by atoms with van der Waals surface area (Å²) in [7, 11) is 0. The summed E-state index contributed by atoms with van der Waals surface area (Å²) in [6.45, 7) is 0.187. The van der Waals surface area contributed by atoms with Crippen LogP contribution >= 0.6 is 27.5 Å². The first-order valence-corrected chi connectivity index (χ1v) is 10.3. The molecule has 5 nitrogen and oxygen atoms in total. The summed E-state index contributed by atoms with van der Waals surface area (Å²) in [6, 6.07) is 16.7. The van der Waals surface area contributed by atoms with Crippen LogP contribution in [-0.2, 0) is 16.1 Å². The third-order valence-corrected chi connectivity index (χ3v) is 5.64. The number of nitrogens with zero attached hydrogens (tertiary/aromatic N) is 2. The lowest BCUT2D eigenvalue weighted by atomic mass is 9.95. The number of benzene rings is 2. The third-order valence-electron chi connectivity index (χ3n) is 4.90. The van der Waals surface area contributed by atoms with E-state index in [1.54, 1.807) is 42.7 Å². The van der Waals surface area contributed by atoms with E-state index in [1.807, 2.05) is 30.3 Å². The summed E-state index contributed by atoms with van der Waals surface area (Å²) in [5.74, 6) is -1.63. The van der Waals surface area contributed by atoms with Crippen LogP contribution < -0.4 is 0 Å². The molecule has 0 saturated carbocycles. The van der Waals surface area contributed by atoms with E-state index in [-0.39, 0.29) is 17.9 Å². The van der Waals surface area contributed by atoms with Gasteiger partial charge in [0.2, 0.25) is 0 Å². The number of aliphatic hydroxyl groups is 1.